The van der Waals surface area contributed by atoms with Crippen molar-refractivity contribution >= 4 is 33.0 Å². The largest absolute Gasteiger partial charge is 0.304 e. The van der Waals surface area contributed by atoms with Crippen LogP contribution in [0.4, 0.5) is 0 Å². The third-order valence-electron chi connectivity index (χ3n) is 3.53. The van der Waals surface area contributed by atoms with Gasteiger partial charge in [0, 0.05) is 52.7 Å². The number of hydrogen-bond donors (Lipinski definition) is 0. The van der Waals surface area contributed by atoms with Crippen LogP contribution in [0.25, 0.3) is 10.1 Å². The van der Waals surface area contributed by atoms with Crippen LogP contribution in [0.15, 0.2) is 24.3 Å². The van der Waals surface area contributed by atoms with Gasteiger partial charge in [-0.2, -0.15) is 0 Å². The van der Waals surface area contributed by atoms with Crippen molar-refractivity contribution in [2.24, 2.45) is 0 Å². The lowest BCUT2D eigenvalue weighted by atomic mass is 10.2. The quantitative estimate of drug-likeness (QED) is 0.833. The Balaban J connectivity index is 1.77. The number of likely N-dealkylation sites (N-methyl/N-ethyl adjacent to an activating group) is 1. The Labute approximate surface area is 117 Å². The van der Waals surface area contributed by atoms with Crippen LogP contribution in [0.3, 0.4) is 0 Å². The van der Waals surface area contributed by atoms with Gasteiger partial charge in [-0.1, -0.05) is 17.7 Å². The van der Waals surface area contributed by atoms with E-state index in [2.05, 4.69) is 29.0 Å². The fourth-order valence-corrected chi connectivity index (χ4v) is 3.80. The molecule has 2 heterocycles. The molecule has 4 heteroatoms. The van der Waals surface area contributed by atoms with Gasteiger partial charge < -0.3 is 4.90 Å². The fourth-order valence-electron chi connectivity index (χ4n) is 2.38. The Morgan fingerprint density at radius 1 is 1.22 bits per heavy atom. The lowest BCUT2D eigenvalue weighted by Gasteiger charge is -2.31. The van der Waals surface area contributed by atoms with Crippen molar-refractivity contribution in [1.82, 2.24) is 9.80 Å². The first-order valence-corrected chi connectivity index (χ1v) is 7.49. The second-order valence-corrected chi connectivity index (χ2v) is 6.52. The maximum atomic E-state index is 6.22. The molecule has 0 radical (unpaired) electrons. The summed E-state index contributed by atoms with van der Waals surface area (Å²) >= 11 is 8.08. The van der Waals surface area contributed by atoms with Gasteiger partial charge in [0.05, 0.1) is 0 Å². The maximum Gasteiger partial charge on any atom is 0.0492 e. The Morgan fingerprint density at radius 3 is 2.72 bits per heavy atom. The van der Waals surface area contributed by atoms with Crippen molar-refractivity contribution in [1.29, 1.82) is 0 Å². The molecule has 0 atom stereocenters. The van der Waals surface area contributed by atoms with E-state index in [0.717, 1.165) is 11.6 Å². The van der Waals surface area contributed by atoms with Gasteiger partial charge in [-0.25, -0.2) is 0 Å². The van der Waals surface area contributed by atoms with Crippen LogP contribution in [0.1, 0.15) is 4.88 Å². The molecule has 1 fully saturated rings. The minimum atomic E-state index is 0.869. The zero-order valence-electron chi connectivity index (χ0n) is 10.5. The summed E-state index contributed by atoms with van der Waals surface area (Å²) in [6, 6.07) is 8.40. The third-order valence-corrected chi connectivity index (χ3v) is 4.95. The zero-order chi connectivity index (χ0) is 12.5. The van der Waals surface area contributed by atoms with Crippen LogP contribution in [0, 0.1) is 0 Å². The van der Waals surface area contributed by atoms with Crippen LogP contribution in [0.2, 0.25) is 5.02 Å². The highest BCUT2D eigenvalue weighted by atomic mass is 35.5. The molecule has 0 amide bonds. The number of benzene rings is 1. The van der Waals surface area contributed by atoms with Gasteiger partial charge >= 0.3 is 0 Å². The van der Waals surface area contributed by atoms with E-state index < -0.39 is 0 Å². The Morgan fingerprint density at radius 2 is 2.00 bits per heavy atom. The van der Waals surface area contributed by atoms with Gasteiger partial charge in [0.2, 0.25) is 0 Å². The number of rotatable bonds is 2. The Kier molecular flexibility index (Phi) is 3.57. The number of thiophene rings is 1. The molecule has 1 aliphatic heterocycles. The molecule has 1 aromatic carbocycles. The standard InChI is InChI=1S/C14H17ClN2S/c1-16-5-7-17(8-6-16)10-11-9-12-13(15)3-2-4-14(12)18-11/h2-4,9H,5-8,10H2,1H3. The molecule has 18 heavy (non-hydrogen) atoms. The van der Waals surface area contributed by atoms with Gasteiger partial charge in [0.15, 0.2) is 0 Å². The molecule has 0 aliphatic carbocycles. The van der Waals surface area contributed by atoms with E-state index in [9.17, 15) is 0 Å². The Hall–Kier alpha value is -0.610. The minimum absolute atomic E-state index is 0.869. The average Bonchev–Trinajstić information content (AvgIpc) is 2.76. The highest BCUT2D eigenvalue weighted by Gasteiger charge is 2.15. The number of hydrogen-bond acceptors (Lipinski definition) is 3. The van der Waals surface area contributed by atoms with E-state index in [0.29, 0.717) is 0 Å². The number of halogens is 1. The van der Waals surface area contributed by atoms with E-state index >= 15 is 0 Å². The van der Waals surface area contributed by atoms with Crippen molar-refractivity contribution < 1.29 is 0 Å². The molecular formula is C14H17ClN2S. The summed E-state index contributed by atoms with van der Waals surface area (Å²) in [6.45, 7) is 5.73. The lowest BCUT2D eigenvalue weighted by molar-refractivity contribution is 0.149. The first-order chi connectivity index (χ1) is 8.72. The predicted molar refractivity (Wildman–Crippen MR) is 79.6 cm³/mol. The smallest absolute Gasteiger partial charge is 0.0492 e. The summed E-state index contributed by atoms with van der Waals surface area (Å²) < 4.78 is 1.30. The molecule has 96 valence electrons. The minimum Gasteiger partial charge on any atom is -0.304 e. The van der Waals surface area contributed by atoms with Crippen molar-refractivity contribution in [2.75, 3.05) is 33.2 Å². The average molecular weight is 281 g/mol. The number of fused-ring (bicyclic) bond motifs is 1. The highest BCUT2D eigenvalue weighted by molar-refractivity contribution is 7.19. The fraction of sp³-hybridized carbons (Fsp3) is 0.429. The van der Waals surface area contributed by atoms with Crippen molar-refractivity contribution in [3.8, 4) is 0 Å². The topological polar surface area (TPSA) is 6.48 Å². The molecule has 0 spiro atoms. The SMILES string of the molecule is CN1CCN(Cc2cc3c(Cl)cccc3s2)CC1. The number of piperazine rings is 1. The van der Waals surface area contributed by atoms with Crippen LogP contribution in [0.5, 0.6) is 0 Å². The van der Waals surface area contributed by atoms with Crippen molar-refractivity contribution in [2.45, 2.75) is 6.54 Å². The highest BCUT2D eigenvalue weighted by Crippen LogP contribution is 2.31. The predicted octanol–water partition coefficient (Wildman–Crippen LogP) is 3.30. The van der Waals surface area contributed by atoms with E-state index in [1.807, 2.05) is 23.5 Å². The Bertz CT molecular complexity index is 544. The summed E-state index contributed by atoms with van der Waals surface area (Å²) in [5, 5.41) is 2.07. The van der Waals surface area contributed by atoms with Gasteiger partial charge in [-0.05, 0) is 25.2 Å². The van der Waals surface area contributed by atoms with Crippen LogP contribution in [-0.4, -0.2) is 43.0 Å². The molecule has 0 saturated carbocycles. The molecule has 0 unspecified atom stereocenters. The van der Waals surface area contributed by atoms with Gasteiger partial charge in [-0.3, -0.25) is 4.90 Å². The van der Waals surface area contributed by atoms with E-state index in [4.69, 9.17) is 11.6 Å². The number of nitrogens with zero attached hydrogens (tertiary/aromatic N) is 2. The second-order valence-electron chi connectivity index (χ2n) is 4.94. The van der Waals surface area contributed by atoms with Crippen LogP contribution in [-0.2, 0) is 6.54 Å². The van der Waals surface area contributed by atoms with Crippen LogP contribution >= 0.6 is 22.9 Å². The molecule has 2 aromatic rings. The normalized spacial score (nSPS) is 18.6. The zero-order valence-corrected chi connectivity index (χ0v) is 12.1. The summed E-state index contributed by atoms with van der Waals surface area (Å²) in [5.74, 6) is 0. The lowest BCUT2D eigenvalue weighted by Crippen LogP contribution is -2.43. The first-order valence-electron chi connectivity index (χ1n) is 6.30. The first kappa shape index (κ1) is 12.4. The van der Waals surface area contributed by atoms with Crippen LogP contribution < -0.4 is 0 Å². The summed E-state index contributed by atoms with van der Waals surface area (Å²) in [5.41, 5.74) is 0. The van der Waals surface area contributed by atoms with Gasteiger partial charge in [0.1, 0.15) is 0 Å². The molecule has 1 saturated heterocycles. The van der Waals surface area contributed by atoms with Gasteiger partial charge in [-0.15, -0.1) is 11.3 Å². The maximum absolute atomic E-state index is 6.22. The van der Waals surface area contributed by atoms with E-state index in [1.54, 1.807) is 0 Å². The second kappa shape index (κ2) is 5.17. The van der Waals surface area contributed by atoms with Gasteiger partial charge in [0.25, 0.3) is 0 Å². The van der Waals surface area contributed by atoms with E-state index in [1.165, 1.54) is 41.1 Å². The van der Waals surface area contributed by atoms with Crippen molar-refractivity contribution in [3.63, 3.8) is 0 Å². The molecule has 1 aromatic heterocycles. The monoisotopic (exact) mass is 280 g/mol. The summed E-state index contributed by atoms with van der Waals surface area (Å²) in [6.07, 6.45) is 0. The molecule has 3 rings (SSSR count). The molecular weight excluding hydrogens is 264 g/mol. The van der Waals surface area contributed by atoms with E-state index in [-0.39, 0.29) is 0 Å². The molecule has 2 nitrogen and oxygen atoms in total. The molecule has 0 N–H and O–H groups in total. The summed E-state index contributed by atoms with van der Waals surface area (Å²) in [4.78, 5) is 6.33. The third kappa shape index (κ3) is 2.54. The molecule has 0 bridgehead atoms. The molecule has 1 aliphatic rings. The summed E-state index contributed by atoms with van der Waals surface area (Å²) in [7, 11) is 2.19. The van der Waals surface area contributed by atoms with Crippen molar-refractivity contribution in [3.05, 3.63) is 34.2 Å².